The molecule has 5 nitrogen and oxygen atoms in total. The zero-order valence-corrected chi connectivity index (χ0v) is 8.74. The summed E-state index contributed by atoms with van der Waals surface area (Å²) >= 11 is 2.84. The largest absolute Gasteiger partial charge is 0.391 e. The molecule has 15 heavy (non-hydrogen) atoms. The van der Waals surface area contributed by atoms with Crippen LogP contribution in [0.1, 0.15) is 17.6 Å². The van der Waals surface area contributed by atoms with Crippen molar-refractivity contribution in [3.05, 3.63) is 31.9 Å². The van der Waals surface area contributed by atoms with Gasteiger partial charge in [-0.05, 0) is 16.0 Å². The molecule has 1 heterocycles. The van der Waals surface area contributed by atoms with E-state index in [2.05, 4.69) is 20.9 Å². The Bertz CT molecular complexity index is 400. The Hall–Kier alpha value is -1.15. The van der Waals surface area contributed by atoms with Gasteiger partial charge in [-0.15, -0.1) is 0 Å². The van der Waals surface area contributed by atoms with Crippen LogP contribution in [0.5, 0.6) is 0 Å². The molecule has 1 aromatic rings. The molecule has 0 atom stereocenters. The van der Waals surface area contributed by atoms with E-state index < -0.39 is 29.3 Å². The second-order valence-electron chi connectivity index (χ2n) is 2.57. The summed E-state index contributed by atoms with van der Waals surface area (Å²) in [5, 5.41) is 19.2. The molecule has 0 unspecified atom stereocenters. The third kappa shape index (κ3) is 2.45. The zero-order valence-electron chi connectivity index (χ0n) is 7.15. The first-order chi connectivity index (χ1) is 6.97. The number of hydrogen-bond donors (Lipinski definition) is 1. The third-order valence-electron chi connectivity index (χ3n) is 1.64. The van der Waals surface area contributed by atoms with E-state index in [9.17, 15) is 18.9 Å². The van der Waals surface area contributed by atoms with E-state index in [0.29, 0.717) is 0 Å². The van der Waals surface area contributed by atoms with Gasteiger partial charge in [-0.3, -0.25) is 0 Å². The van der Waals surface area contributed by atoms with E-state index in [1.807, 2.05) is 0 Å². The Morgan fingerprint density at radius 1 is 1.67 bits per heavy atom. The Morgan fingerprint density at radius 2 is 2.27 bits per heavy atom. The molecule has 0 aliphatic rings. The van der Waals surface area contributed by atoms with E-state index >= 15 is 0 Å². The maximum atomic E-state index is 12.4. The molecule has 1 aromatic heterocycles. The quantitative estimate of drug-likeness (QED) is 0.524. The summed E-state index contributed by atoms with van der Waals surface area (Å²) in [6.07, 6.45) is -3.00. The monoisotopic (exact) mass is 282 g/mol. The summed E-state index contributed by atoms with van der Waals surface area (Å²) in [7, 11) is 0. The number of hydrogen-bond acceptors (Lipinski definition) is 4. The minimum absolute atomic E-state index is 0.0129. The lowest BCUT2D eigenvalue weighted by atomic mass is 10.2. The van der Waals surface area contributed by atoms with Crippen molar-refractivity contribution < 1.29 is 18.8 Å². The number of aliphatic hydroxyl groups excluding tert-OH is 1. The van der Waals surface area contributed by atoms with Crippen molar-refractivity contribution in [1.82, 2.24) is 4.98 Å². The molecule has 0 saturated carbocycles. The lowest BCUT2D eigenvalue weighted by Crippen LogP contribution is -2.02. The zero-order chi connectivity index (χ0) is 11.6. The highest BCUT2D eigenvalue weighted by Crippen LogP contribution is 2.30. The maximum Gasteiger partial charge on any atom is 0.373 e. The molecule has 0 radical (unpaired) electrons. The van der Waals surface area contributed by atoms with Crippen LogP contribution in [0.15, 0.2) is 10.7 Å². The summed E-state index contributed by atoms with van der Waals surface area (Å²) in [6.45, 7) is -0.523. The van der Waals surface area contributed by atoms with Crippen molar-refractivity contribution in [1.29, 1.82) is 0 Å². The Morgan fingerprint density at radius 3 is 2.67 bits per heavy atom. The lowest BCUT2D eigenvalue weighted by Gasteiger charge is -2.03. The van der Waals surface area contributed by atoms with Crippen LogP contribution >= 0.6 is 15.9 Å². The average Bonchev–Trinajstić information content (AvgIpc) is 2.16. The Labute approximate surface area is 91.0 Å². The standard InChI is InChI=1S/C7H5BrF2N2O3/c8-5-3(2-13)1-4(6(9)10)7(11-5)12(14)15/h1,6,13H,2H2. The fourth-order valence-electron chi connectivity index (χ4n) is 0.959. The van der Waals surface area contributed by atoms with Gasteiger partial charge in [0.05, 0.1) is 6.61 Å². The molecule has 0 saturated heterocycles. The third-order valence-corrected chi connectivity index (χ3v) is 2.32. The summed E-state index contributed by atoms with van der Waals surface area (Å²) in [5.74, 6) is -0.908. The molecule has 1 N–H and O–H groups in total. The van der Waals surface area contributed by atoms with Crippen molar-refractivity contribution in [3.63, 3.8) is 0 Å². The first-order valence-electron chi connectivity index (χ1n) is 3.70. The molecule has 82 valence electrons. The Kier molecular flexibility index (Phi) is 3.64. The number of nitro groups is 1. The van der Waals surface area contributed by atoms with Crippen molar-refractivity contribution >= 4 is 21.7 Å². The number of rotatable bonds is 3. The van der Waals surface area contributed by atoms with Crippen LogP contribution in [-0.2, 0) is 6.61 Å². The van der Waals surface area contributed by atoms with Gasteiger partial charge < -0.3 is 15.2 Å². The molecule has 0 bridgehead atoms. The highest BCUT2D eigenvalue weighted by atomic mass is 79.9. The van der Waals surface area contributed by atoms with E-state index in [1.165, 1.54) is 0 Å². The molecule has 0 aliphatic carbocycles. The maximum absolute atomic E-state index is 12.4. The molecule has 8 heteroatoms. The molecule has 0 amide bonds. The second-order valence-corrected chi connectivity index (χ2v) is 3.32. The predicted molar refractivity (Wildman–Crippen MR) is 49.5 cm³/mol. The average molecular weight is 283 g/mol. The normalized spacial score (nSPS) is 10.7. The van der Waals surface area contributed by atoms with E-state index in [1.54, 1.807) is 0 Å². The summed E-state index contributed by atoms with van der Waals surface area (Å²) < 4.78 is 24.8. The summed E-state index contributed by atoms with van der Waals surface area (Å²) in [6, 6.07) is 0.861. The highest BCUT2D eigenvalue weighted by Gasteiger charge is 2.26. The van der Waals surface area contributed by atoms with Gasteiger partial charge in [-0.2, -0.15) is 0 Å². The Balaban J connectivity index is 3.38. The minimum Gasteiger partial charge on any atom is -0.391 e. The lowest BCUT2D eigenvalue weighted by molar-refractivity contribution is -0.391. The van der Waals surface area contributed by atoms with Crippen LogP contribution in [0, 0.1) is 10.1 Å². The van der Waals surface area contributed by atoms with Gasteiger partial charge in [-0.25, -0.2) is 8.78 Å². The predicted octanol–water partition coefficient (Wildman–Crippen LogP) is 2.18. The topological polar surface area (TPSA) is 76.3 Å². The molecule has 0 aliphatic heterocycles. The van der Waals surface area contributed by atoms with E-state index in [-0.39, 0.29) is 10.2 Å². The van der Waals surface area contributed by atoms with Gasteiger partial charge in [-0.1, -0.05) is 0 Å². The van der Waals surface area contributed by atoms with Crippen molar-refractivity contribution in [3.8, 4) is 0 Å². The SMILES string of the molecule is O=[N+]([O-])c1nc(Br)c(CO)cc1C(F)F. The molecule has 1 rings (SSSR count). The molecule has 0 aromatic carbocycles. The van der Waals surface area contributed by atoms with Crippen LogP contribution in [0.4, 0.5) is 14.6 Å². The van der Waals surface area contributed by atoms with Crippen molar-refractivity contribution in [2.24, 2.45) is 0 Å². The molecule has 0 fully saturated rings. The van der Waals surface area contributed by atoms with Gasteiger partial charge in [0.1, 0.15) is 5.56 Å². The van der Waals surface area contributed by atoms with Gasteiger partial charge in [0.15, 0.2) is 0 Å². The summed E-state index contributed by atoms with van der Waals surface area (Å²) in [4.78, 5) is 12.8. The molecular weight excluding hydrogens is 278 g/mol. The van der Waals surface area contributed by atoms with Crippen LogP contribution in [-0.4, -0.2) is 15.0 Å². The number of alkyl halides is 2. The minimum atomic E-state index is -3.00. The number of aromatic nitrogens is 1. The first-order valence-corrected chi connectivity index (χ1v) is 4.49. The van der Waals surface area contributed by atoms with Crippen LogP contribution in [0.25, 0.3) is 0 Å². The van der Waals surface area contributed by atoms with E-state index in [4.69, 9.17) is 5.11 Å². The fourth-order valence-corrected chi connectivity index (χ4v) is 1.37. The van der Waals surface area contributed by atoms with Gasteiger partial charge in [0.2, 0.25) is 4.60 Å². The van der Waals surface area contributed by atoms with Crippen LogP contribution in [0.2, 0.25) is 0 Å². The van der Waals surface area contributed by atoms with Gasteiger partial charge in [0, 0.05) is 21.5 Å². The summed E-state index contributed by atoms with van der Waals surface area (Å²) in [5.41, 5.74) is -0.719. The van der Waals surface area contributed by atoms with E-state index in [0.717, 1.165) is 6.07 Å². The van der Waals surface area contributed by atoms with Crippen molar-refractivity contribution in [2.45, 2.75) is 13.0 Å². The van der Waals surface area contributed by atoms with Crippen LogP contribution < -0.4 is 0 Å². The smallest absolute Gasteiger partial charge is 0.373 e. The molecular formula is C7H5BrF2N2O3. The highest BCUT2D eigenvalue weighted by molar-refractivity contribution is 9.10. The van der Waals surface area contributed by atoms with Gasteiger partial charge >= 0.3 is 5.82 Å². The first kappa shape index (κ1) is 11.9. The second kappa shape index (κ2) is 4.58. The fraction of sp³-hybridized carbons (Fsp3) is 0.286. The molecule has 0 spiro atoms. The number of pyridine rings is 1. The van der Waals surface area contributed by atoms with Gasteiger partial charge in [0.25, 0.3) is 6.43 Å². The van der Waals surface area contributed by atoms with Crippen LogP contribution in [0.3, 0.4) is 0 Å². The number of aliphatic hydroxyl groups is 1. The van der Waals surface area contributed by atoms with Crippen molar-refractivity contribution in [2.75, 3.05) is 0 Å². The number of nitrogens with zero attached hydrogens (tertiary/aromatic N) is 2. The number of halogens is 3.